The van der Waals surface area contributed by atoms with E-state index in [1.165, 1.54) is 22.3 Å². The van der Waals surface area contributed by atoms with E-state index in [0.29, 0.717) is 5.92 Å². The maximum Gasteiger partial charge on any atom is 0.204 e. The van der Waals surface area contributed by atoms with Crippen molar-refractivity contribution in [3.8, 4) is 5.75 Å². The van der Waals surface area contributed by atoms with Crippen molar-refractivity contribution in [1.29, 1.82) is 0 Å². The summed E-state index contributed by atoms with van der Waals surface area (Å²) in [5.74, 6) is 1.43. The normalized spacial score (nSPS) is 17.5. The zero-order valence-corrected chi connectivity index (χ0v) is 17.4. The van der Waals surface area contributed by atoms with E-state index in [9.17, 15) is 0 Å². The first-order valence-corrected chi connectivity index (χ1v) is 10.8. The molecule has 4 rings (SSSR count). The van der Waals surface area contributed by atoms with E-state index in [-0.39, 0.29) is 12.4 Å². The first kappa shape index (κ1) is 19.7. The molecule has 3 atom stereocenters. The Labute approximate surface area is 174 Å². The van der Waals surface area contributed by atoms with Gasteiger partial charge in [0, 0.05) is 6.42 Å². The fourth-order valence-corrected chi connectivity index (χ4v) is 4.03. The van der Waals surface area contributed by atoms with Gasteiger partial charge >= 0.3 is 0 Å². The Kier molecular flexibility index (Phi) is 6.31. The van der Waals surface area contributed by atoms with Gasteiger partial charge in [-0.2, -0.15) is 0 Å². The number of fused-ring (bicyclic) bond motifs is 1. The first-order chi connectivity index (χ1) is 14.2. The standard InChI is InChI=1S/C27H30O2/c1-3-20(2)22-13-16-24(17-14-22)28-27(19-21-9-5-4-6-10-21)29-26-18-15-23-11-7-8-12-25(23)26/h4-14,16-17,20,26-27H,3,15,18-19H2,1-2H3. The molecular weight excluding hydrogens is 356 g/mol. The molecule has 0 aliphatic heterocycles. The molecule has 0 N–H and O–H groups in total. The minimum atomic E-state index is -0.317. The SMILES string of the molecule is CCC(C)c1ccc(OC(Cc2ccccc2)OC2CCc3ccccc32)cc1. The van der Waals surface area contributed by atoms with Gasteiger partial charge in [0.15, 0.2) is 0 Å². The van der Waals surface area contributed by atoms with Gasteiger partial charge in [0.05, 0.1) is 6.10 Å². The summed E-state index contributed by atoms with van der Waals surface area (Å²) in [6.07, 6.45) is 3.74. The van der Waals surface area contributed by atoms with Crippen LogP contribution >= 0.6 is 0 Å². The molecule has 1 aliphatic carbocycles. The van der Waals surface area contributed by atoms with Crippen molar-refractivity contribution in [2.24, 2.45) is 0 Å². The topological polar surface area (TPSA) is 18.5 Å². The zero-order valence-electron chi connectivity index (χ0n) is 17.4. The summed E-state index contributed by atoms with van der Waals surface area (Å²) in [6.45, 7) is 4.48. The molecule has 1 aliphatic rings. The average molecular weight is 387 g/mol. The van der Waals surface area contributed by atoms with Gasteiger partial charge in [0.25, 0.3) is 0 Å². The summed E-state index contributed by atoms with van der Waals surface area (Å²) < 4.78 is 12.9. The van der Waals surface area contributed by atoms with Crippen molar-refractivity contribution in [3.05, 3.63) is 101 Å². The van der Waals surface area contributed by atoms with Crippen molar-refractivity contribution in [3.63, 3.8) is 0 Å². The Morgan fingerprint density at radius 3 is 2.38 bits per heavy atom. The van der Waals surface area contributed by atoms with E-state index in [1.807, 2.05) is 6.07 Å². The van der Waals surface area contributed by atoms with Gasteiger partial charge < -0.3 is 9.47 Å². The van der Waals surface area contributed by atoms with E-state index >= 15 is 0 Å². The van der Waals surface area contributed by atoms with Crippen LogP contribution in [0.2, 0.25) is 0 Å². The van der Waals surface area contributed by atoms with E-state index in [2.05, 4.69) is 86.6 Å². The third kappa shape index (κ3) is 4.89. The Bertz CT molecular complexity index is 901. The molecule has 0 radical (unpaired) electrons. The minimum absolute atomic E-state index is 0.0966. The number of rotatable bonds is 8. The second-order valence-electron chi connectivity index (χ2n) is 7.98. The minimum Gasteiger partial charge on any atom is -0.465 e. The first-order valence-electron chi connectivity index (χ1n) is 10.8. The van der Waals surface area contributed by atoms with Crippen molar-refractivity contribution in [1.82, 2.24) is 0 Å². The molecule has 0 heterocycles. The Morgan fingerprint density at radius 2 is 1.62 bits per heavy atom. The molecule has 3 unspecified atom stereocenters. The molecule has 3 aromatic rings. The van der Waals surface area contributed by atoms with Gasteiger partial charge in [-0.3, -0.25) is 0 Å². The highest BCUT2D eigenvalue weighted by molar-refractivity contribution is 5.33. The van der Waals surface area contributed by atoms with Crippen LogP contribution in [0.4, 0.5) is 0 Å². The highest BCUT2D eigenvalue weighted by atomic mass is 16.7. The summed E-state index contributed by atoms with van der Waals surface area (Å²) in [5.41, 5.74) is 5.28. The second-order valence-corrected chi connectivity index (χ2v) is 7.98. The van der Waals surface area contributed by atoms with Gasteiger partial charge in [-0.05, 0) is 59.6 Å². The quantitative estimate of drug-likeness (QED) is 0.394. The van der Waals surface area contributed by atoms with Crippen LogP contribution in [-0.4, -0.2) is 6.29 Å². The third-order valence-electron chi connectivity index (χ3n) is 5.97. The molecular formula is C27H30O2. The van der Waals surface area contributed by atoms with Crippen molar-refractivity contribution in [2.75, 3.05) is 0 Å². The number of aryl methyl sites for hydroxylation is 1. The van der Waals surface area contributed by atoms with Gasteiger partial charge in [-0.25, -0.2) is 0 Å². The average Bonchev–Trinajstić information content (AvgIpc) is 3.17. The summed E-state index contributed by atoms with van der Waals surface area (Å²) in [4.78, 5) is 0. The van der Waals surface area contributed by atoms with E-state index in [0.717, 1.165) is 31.4 Å². The molecule has 0 fully saturated rings. The lowest BCUT2D eigenvalue weighted by Crippen LogP contribution is -2.25. The molecule has 0 aromatic heterocycles. The fraction of sp³-hybridized carbons (Fsp3) is 0.333. The van der Waals surface area contributed by atoms with Crippen LogP contribution in [0.15, 0.2) is 78.9 Å². The smallest absolute Gasteiger partial charge is 0.204 e. The molecule has 0 saturated heterocycles. The lowest BCUT2D eigenvalue weighted by Gasteiger charge is -2.24. The van der Waals surface area contributed by atoms with Crippen LogP contribution in [-0.2, 0) is 17.6 Å². The second kappa shape index (κ2) is 9.28. The molecule has 0 saturated carbocycles. The van der Waals surface area contributed by atoms with Crippen LogP contribution in [0.3, 0.4) is 0 Å². The molecule has 3 aromatic carbocycles. The third-order valence-corrected chi connectivity index (χ3v) is 5.97. The predicted molar refractivity (Wildman–Crippen MR) is 118 cm³/mol. The van der Waals surface area contributed by atoms with Crippen LogP contribution in [0, 0.1) is 0 Å². The van der Waals surface area contributed by atoms with Crippen LogP contribution in [0.25, 0.3) is 0 Å². The maximum absolute atomic E-state index is 6.52. The molecule has 0 spiro atoms. The van der Waals surface area contributed by atoms with Crippen LogP contribution in [0.1, 0.15) is 61.0 Å². The molecule has 150 valence electrons. The number of benzene rings is 3. The van der Waals surface area contributed by atoms with E-state index < -0.39 is 0 Å². The summed E-state index contributed by atoms with van der Waals surface area (Å²) in [7, 11) is 0. The molecule has 29 heavy (non-hydrogen) atoms. The monoisotopic (exact) mass is 386 g/mol. The zero-order chi connectivity index (χ0) is 20.1. The largest absolute Gasteiger partial charge is 0.465 e. The van der Waals surface area contributed by atoms with Gasteiger partial charge in [0.2, 0.25) is 6.29 Å². The summed E-state index contributed by atoms with van der Waals surface area (Å²) >= 11 is 0. The lowest BCUT2D eigenvalue weighted by atomic mass is 9.99. The molecule has 0 bridgehead atoms. The van der Waals surface area contributed by atoms with E-state index in [1.54, 1.807) is 0 Å². The van der Waals surface area contributed by atoms with Crippen molar-refractivity contribution < 1.29 is 9.47 Å². The molecule has 2 heteroatoms. The van der Waals surface area contributed by atoms with Crippen LogP contribution < -0.4 is 4.74 Å². The predicted octanol–water partition coefficient (Wildman–Crippen LogP) is 6.85. The van der Waals surface area contributed by atoms with Crippen LogP contribution in [0.5, 0.6) is 5.75 Å². The Morgan fingerprint density at radius 1 is 0.897 bits per heavy atom. The summed E-state index contributed by atoms with van der Waals surface area (Å²) in [5, 5.41) is 0. The highest BCUT2D eigenvalue weighted by Gasteiger charge is 2.26. The maximum atomic E-state index is 6.52. The Balaban J connectivity index is 1.51. The van der Waals surface area contributed by atoms with Gasteiger partial charge in [-0.1, -0.05) is 80.6 Å². The van der Waals surface area contributed by atoms with Gasteiger partial charge in [-0.15, -0.1) is 0 Å². The molecule has 2 nitrogen and oxygen atoms in total. The van der Waals surface area contributed by atoms with Crippen molar-refractivity contribution >= 4 is 0 Å². The fourth-order valence-electron chi connectivity index (χ4n) is 4.03. The van der Waals surface area contributed by atoms with Gasteiger partial charge in [0.1, 0.15) is 5.75 Å². The number of hydrogen-bond acceptors (Lipinski definition) is 2. The highest BCUT2D eigenvalue weighted by Crippen LogP contribution is 2.35. The number of hydrogen-bond donors (Lipinski definition) is 0. The number of ether oxygens (including phenoxy) is 2. The Hall–Kier alpha value is -2.58. The molecule has 0 amide bonds. The van der Waals surface area contributed by atoms with Crippen molar-refractivity contribution in [2.45, 2.75) is 57.8 Å². The lowest BCUT2D eigenvalue weighted by molar-refractivity contribution is -0.119. The van der Waals surface area contributed by atoms with E-state index in [4.69, 9.17) is 9.47 Å². The summed E-state index contributed by atoms with van der Waals surface area (Å²) in [6, 6.07) is 27.5.